The molecule has 1 fully saturated rings. The maximum Gasteiger partial charge on any atom is 0.181 e. The van der Waals surface area contributed by atoms with E-state index in [-0.39, 0.29) is 17.3 Å². The number of rotatable bonds is 1. The first-order valence-electron chi connectivity index (χ1n) is 8.28. The third kappa shape index (κ3) is 2.27. The number of aromatic amines is 1. The number of ketones is 1. The first kappa shape index (κ1) is 14.5. The largest absolute Gasteiger partial charge is 0.392 e. The van der Waals surface area contributed by atoms with E-state index in [0.29, 0.717) is 6.42 Å². The Labute approximate surface area is 135 Å². The number of nitrogens with one attached hydrogen (secondary N) is 1. The quantitative estimate of drug-likeness (QED) is 0.782. The van der Waals surface area contributed by atoms with Crippen LogP contribution in [0.3, 0.4) is 0 Å². The van der Waals surface area contributed by atoms with Crippen molar-refractivity contribution in [2.75, 3.05) is 0 Å². The summed E-state index contributed by atoms with van der Waals surface area (Å²) in [6.07, 6.45) is 8.69. The second kappa shape index (κ2) is 5.20. The molecule has 0 radical (unpaired) electrons. The van der Waals surface area contributed by atoms with Gasteiger partial charge in [-0.15, -0.1) is 0 Å². The summed E-state index contributed by atoms with van der Waals surface area (Å²) in [6.45, 7) is 2.10. The molecule has 118 valence electrons. The van der Waals surface area contributed by atoms with Crippen molar-refractivity contribution in [3.8, 4) is 0 Å². The Morgan fingerprint density at radius 3 is 3.04 bits per heavy atom. The first-order valence-corrected chi connectivity index (χ1v) is 8.28. The highest BCUT2D eigenvalue weighted by atomic mass is 16.3. The maximum atomic E-state index is 12.5. The summed E-state index contributed by atoms with van der Waals surface area (Å²) in [5.41, 5.74) is 3.74. The van der Waals surface area contributed by atoms with Crippen molar-refractivity contribution >= 4 is 22.8 Å². The van der Waals surface area contributed by atoms with E-state index >= 15 is 0 Å². The van der Waals surface area contributed by atoms with Gasteiger partial charge < -0.3 is 10.1 Å². The molecule has 2 N–H and O–H groups in total. The van der Waals surface area contributed by atoms with Crippen LogP contribution in [0.4, 0.5) is 0 Å². The fourth-order valence-electron chi connectivity index (χ4n) is 4.03. The molecule has 2 unspecified atom stereocenters. The van der Waals surface area contributed by atoms with E-state index in [2.05, 4.69) is 18.0 Å². The molecule has 1 saturated carbocycles. The van der Waals surface area contributed by atoms with E-state index < -0.39 is 0 Å². The minimum atomic E-state index is -0.359. The van der Waals surface area contributed by atoms with Crippen LogP contribution in [-0.2, 0) is 4.79 Å². The van der Waals surface area contributed by atoms with Gasteiger partial charge in [0.1, 0.15) is 0 Å². The van der Waals surface area contributed by atoms with Crippen molar-refractivity contribution in [2.24, 2.45) is 5.41 Å². The van der Waals surface area contributed by atoms with Crippen LogP contribution in [0.2, 0.25) is 0 Å². The van der Waals surface area contributed by atoms with Crippen LogP contribution in [0.15, 0.2) is 47.7 Å². The predicted molar refractivity (Wildman–Crippen MR) is 91.9 cm³/mol. The minimum absolute atomic E-state index is 0.0943. The van der Waals surface area contributed by atoms with Gasteiger partial charge in [0.2, 0.25) is 0 Å². The maximum absolute atomic E-state index is 12.5. The van der Waals surface area contributed by atoms with Crippen molar-refractivity contribution in [1.82, 2.24) is 4.98 Å². The summed E-state index contributed by atoms with van der Waals surface area (Å²) in [5, 5.41) is 11.6. The van der Waals surface area contributed by atoms with Gasteiger partial charge in [-0.2, -0.15) is 0 Å². The number of H-pyrrole nitrogens is 1. The average Bonchev–Trinajstić information content (AvgIpc) is 2.94. The fourth-order valence-corrected chi connectivity index (χ4v) is 4.03. The molecule has 1 aromatic carbocycles. The monoisotopic (exact) mass is 307 g/mol. The van der Waals surface area contributed by atoms with E-state index in [1.165, 1.54) is 0 Å². The lowest BCUT2D eigenvalue weighted by molar-refractivity contribution is -0.112. The van der Waals surface area contributed by atoms with Crippen LogP contribution >= 0.6 is 0 Å². The highest BCUT2D eigenvalue weighted by molar-refractivity contribution is 6.09. The van der Waals surface area contributed by atoms with Gasteiger partial charge in [-0.1, -0.05) is 30.7 Å². The van der Waals surface area contributed by atoms with Gasteiger partial charge in [-0.25, -0.2) is 0 Å². The molecule has 0 bridgehead atoms. The molecule has 2 aliphatic carbocycles. The molecule has 0 saturated heterocycles. The van der Waals surface area contributed by atoms with E-state index in [1.54, 1.807) is 6.08 Å². The lowest BCUT2D eigenvalue weighted by Crippen LogP contribution is -2.40. The van der Waals surface area contributed by atoms with Crippen molar-refractivity contribution in [1.29, 1.82) is 0 Å². The van der Waals surface area contributed by atoms with Crippen LogP contribution in [0, 0.1) is 5.41 Å². The molecule has 2 aliphatic rings. The van der Waals surface area contributed by atoms with Gasteiger partial charge >= 0.3 is 0 Å². The third-order valence-electron chi connectivity index (χ3n) is 5.52. The molecule has 3 heteroatoms. The lowest BCUT2D eigenvalue weighted by Gasteiger charge is -2.43. The highest BCUT2D eigenvalue weighted by Gasteiger charge is 2.43. The van der Waals surface area contributed by atoms with Crippen LogP contribution in [0.5, 0.6) is 0 Å². The number of fused-ring (bicyclic) bond motifs is 2. The number of carbonyl (C=O) groups excluding carboxylic acids is 1. The zero-order chi connectivity index (χ0) is 16.0. The summed E-state index contributed by atoms with van der Waals surface area (Å²) in [5.74, 6) is 0.0943. The van der Waals surface area contributed by atoms with E-state index in [1.807, 2.05) is 30.5 Å². The number of benzene rings is 1. The summed E-state index contributed by atoms with van der Waals surface area (Å²) in [4.78, 5) is 15.8. The Kier molecular flexibility index (Phi) is 3.27. The van der Waals surface area contributed by atoms with Crippen molar-refractivity contribution in [2.45, 2.75) is 38.7 Å². The molecule has 2 atom stereocenters. The number of aliphatic hydroxyl groups is 1. The average molecular weight is 307 g/mol. The molecule has 1 heterocycles. The molecule has 2 aromatic rings. The number of allylic oxidation sites excluding steroid dienone is 2. The van der Waals surface area contributed by atoms with Gasteiger partial charge in [0.15, 0.2) is 5.78 Å². The zero-order valence-corrected chi connectivity index (χ0v) is 13.3. The standard InChI is InChI=1S/C20H21NO2/c1-20-11-13(18(22)10-15(20)5-4-8-19(20)23)9-14-12-21-17-7-3-2-6-16(14)17/h2-3,6-7,9-10,12,19,21,23H,4-5,8,11H2,1H3. The second-order valence-electron chi connectivity index (χ2n) is 7.00. The normalized spacial score (nSPS) is 29.7. The fraction of sp³-hybridized carbons (Fsp3) is 0.350. The number of carbonyl (C=O) groups is 1. The summed E-state index contributed by atoms with van der Waals surface area (Å²) in [6, 6.07) is 8.09. The molecule has 0 spiro atoms. The van der Waals surface area contributed by atoms with E-state index in [4.69, 9.17) is 0 Å². The van der Waals surface area contributed by atoms with Gasteiger partial charge in [-0.05, 0) is 43.9 Å². The van der Waals surface area contributed by atoms with Crippen molar-refractivity contribution < 1.29 is 9.90 Å². The predicted octanol–water partition coefficient (Wildman–Crippen LogP) is 4.00. The van der Waals surface area contributed by atoms with Crippen LogP contribution < -0.4 is 0 Å². The molecular formula is C20H21NO2. The molecule has 4 rings (SSSR count). The smallest absolute Gasteiger partial charge is 0.181 e. The Morgan fingerprint density at radius 2 is 2.17 bits per heavy atom. The molecular weight excluding hydrogens is 286 g/mol. The number of para-hydroxylation sites is 1. The van der Waals surface area contributed by atoms with Gasteiger partial charge in [0, 0.05) is 33.7 Å². The molecule has 0 amide bonds. The summed E-state index contributed by atoms with van der Waals surface area (Å²) in [7, 11) is 0. The van der Waals surface area contributed by atoms with E-state index in [9.17, 15) is 9.90 Å². The second-order valence-corrected chi connectivity index (χ2v) is 7.00. The SMILES string of the molecule is CC12CC(=Cc3c[nH]c4ccccc34)C(=O)C=C1CCCC2O. The van der Waals surface area contributed by atoms with Crippen LogP contribution in [0.25, 0.3) is 17.0 Å². The van der Waals surface area contributed by atoms with E-state index in [0.717, 1.165) is 46.9 Å². The van der Waals surface area contributed by atoms with Crippen LogP contribution in [0.1, 0.15) is 38.2 Å². The summed E-state index contributed by atoms with van der Waals surface area (Å²) >= 11 is 0. The van der Waals surface area contributed by atoms with Crippen LogP contribution in [-0.4, -0.2) is 22.0 Å². The van der Waals surface area contributed by atoms with Gasteiger partial charge in [0.05, 0.1) is 6.10 Å². The molecule has 1 aromatic heterocycles. The lowest BCUT2D eigenvalue weighted by atomic mass is 9.63. The molecule has 3 nitrogen and oxygen atoms in total. The van der Waals surface area contributed by atoms with Crippen molar-refractivity contribution in [3.05, 3.63) is 53.2 Å². The molecule has 0 aliphatic heterocycles. The Balaban J connectivity index is 1.77. The Bertz CT molecular complexity index is 842. The number of hydrogen-bond acceptors (Lipinski definition) is 2. The third-order valence-corrected chi connectivity index (χ3v) is 5.52. The van der Waals surface area contributed by atoms with Crippen molar-refractivity contribution in [3.63, 3.8) is 0 Å². The topological polar surface area (TPSA) is 53.1 Å². The Morgan fingerprint density at radius 1 is 1.35 bits per heavy atom. The van der Waals surface area contributed by atoms with Gasteiger partial charge in [-0.3, -0.25) is 4.79 Å². The number of aromatic nitrogens is 1. The zero-order valence-electron chi connectivity index (χ0n) is 13.3. The highest BCUT2D eigenvalue weighted by Crippen LogP contribution is 2.48. The number of hydrogen-bond donors (Lipinski definition) is 2. The Hall–Kier alpha value is -2.13. The van der Waals surface area contributed by atoms with Gasteiger partial charge in [0.25, 0.3) is 0 Å². The molecule has 23 heavy (non-hydrogen) atoms. The number of aliphatic hydroxyl groups excluding tert-OH is 1. The minimum Gasteiger partial charge on any atom is -0.392 e. The summed E-state index contributed by atoms with van der Waals surface area (Å²) < 4.78 is 0. The first-order chi connectivity index (χ1) is 11.1.